The molecule has 122 valence electrons. The topological polar surface area (TPSA) is 83.1 Å². The van der Waals surface area contributed by atoms with Gasteiger partial charge in [-0.2, -0.15) is 0 Å². The van der Waals surface area contributed by atoms with E-state index in [0.717, 1.165) is 21.6 Å². The molecule has 0 bridgehead atoms. The number of amides is 3. The molecule has 1 atom stereocenters. The van der Waals surface area contributed by atoms with Crippen LogP contribution in [0.4, 0.5) is 10.5 Å². The van der Waals surface area contributed by atoms with Gasteiger partial charge in [-0.25, -0.2) is 9.78 Å². The fourth-order valence-corrected chi connectivity index (χ4v) is 3.51. The van der Waals surface area contributed by atoms with Crippen LogP contribution in [0.25, 0.3) is 10.2 Å². The predicted molar refractivity (Wildman–Crippen MR) is 91.9 cm³/mol. The summed E-state index contributed by atoms with van der Waals surface area (Å²) >= 11 is 1.64. The number of aromatic nitrogens is 1. The van der Waals surface area contributed by atoms with Gasteiger partial charge >= 0.3 is 6.03 Å². The van der Waals surface area contributed by atoms with E-state index >= 15 is 0 Å². The molecule has 2 aromatic rings. The van der Waals surface area contributed by atoms with Crippen LogP contribution in [0.5, 0.6) is 0 Å². The van der Waals surface area contributed by atoms with Gasteiger partial charge in [-0.15, -0.1) is 11.3 Å². The van der Waals surface area contributed by atoms with Crippen molar-refractivity contribution in [1.29, 1.82) is 0 Å². The summed E-state index contributed by atoms with van der Waals surface area (Å²) in [7, 11) is 0. The Morgan fingerprint density at radius 1 is 1.43 bits per heavy atom. The largest absolute Gasteiger partial charge is 0.354 e. The summed E-state index contributed by atoms with van der Waals surface area (Å²) < 4.78 is 1.04. The number of nitrogens with zero attached hydrogens (tertiary/aromatic N) is 1. The molecule has 2 heterocycles. The molecule has 3 amide bonds. The van der Waals surface area contributed by atoms with E-state index in [4.69, 9.17) is 0 Å². The van der Waals surface area contributed by atoms with Crippen molar-refractivity contribution in [2.45, 2.75) is 38.6 Å². The highest BCUT2D eigenvalue weighted by atomic mass is 32.1. The first kappa shape index (κ1) is 15.7. The molecule has 0 aliphatic carbocycles. The lowest BCUT2D eigenvalue weighted by Crippen LogP contribution is -2.51. The van der Waals surface area contributed by atoms with Crippen molar-refractivity contribution < 1.29 is 9.59 Å². The van der Waals surface area contributed by atoms with Gasteiger partial charge in [0.1, 0.15) is 6.04 Å². The van der Waals surface area contributed by atoms with Gasteiger partial charge in [0.2, 0.25) is 5.91 Å². The molecule has 3 rings (SSSR count). The molecule has 1 aliphatic rings. The van der Waals surface area contributed by atoms with Gasteiger partial charge < -0.3 is 16.0 Å². The number of fused-ring (bicyclic) bond motifs is 1. The number of thiazole rings is 1. The summed E-state index contributed by atoms with van der Waals surface area (Å²) in [6, 6.07) is 4.83. The van der Waals surface area contributed by atoms with E-state index in [1.165, 1.54) is 0 Å². The van der Waals surface area contributed by atoms with E-state index in [-0.39, 0.29) is 11.9 Å². The number of nitrogens with one attached hydrogen (secondary N) is 3. The fourth-order valence-electron chi connectivity index (χ4n) is 2.50. The SMILES string of the molecule is CC(C)c1nc2ccc(NC(=O)N[C@@H]3CCCNC3=O)cc2s1. The van der Waals surface area contributed by atoms with Crippen LogP contribution in [0, 0.1) is 0 Å². The number of piperidine rings is 1. The molecule has 0 spiro atoms. The minimum atomic E-state index is -0.455. The average molecular weight is 332 g/mol. The van der Waals surface area contributed by atoms with Crippen LogP contribution in [0.1, 0.15) is 37.6 Å². The second kappa shape index (κ2) is 6.54. The second-order valence-electron chi connectivity index (χ2n) is 5.97. The summed E-state index contributed by atoms with van der Waals surface area (Å²) in [4.78, 5) is 28.3. The van der Waals surface area contributed by atoms with Crippen LogP contribution < -0.4 is 16.0 Å². The molecule has 1 saturated heterocycles. The van der Waals surface area contributed by atoms with Gasteiger partial charge in [0.25, 0.3) is 0 Å². The van der Waals surface area contributed by atoms with E-state index in [2.05, 4.69) is 34.8 Å². The van der Waals surface area contributed by atoms with Crippen molar-refractivity contribution in [2.24, 2.45) is 0 Å². The third-order valence-corrected chi connectivity index (χ3v) is 5.07. The molecule has 1 aliphatic heterocycles. The minimum absolute atomic E-state index is 0.120. The maximum atomic E-state index is 12.1. The molecular weight excluding hydrogens is 312 g/mol. The number of benzene rings is 1. The third-order valence-electron chi connectivity index (χ3n) is 3.75. The summed E-state index contributed by atoms with van der Waals surface area (Å²) in [5.74, 6) is 0.266. The molecule has 1 aromatic heterocycles. The number of carbonyl (C=O) groups excluding carboxylic acids is 2. The molecular formula is C16H20N4O2S. The number of urea groups is 1. The first-order valence-corrected chi connectivity index (χ1v) is 8.60. The summed E-state index contributed by atoms with van der Waals surface area (Å²) in [5, 5.41) is 9.34. The smallest absolute Gasteiger partial charge is 0.319 e. The van der Waals surface area contributed by atoms with Gasteiger partial charge in [0, 0.05) is 18.2 Å². The van der Waals surface area contributed by atoms with Crippen LogP contribution >= 0.6 is 11.3 Å². The number of carbonyl (C=O) groups is 2. The molecule has 0 saturated carbocycles. The molecule has 23 heavy (non-hydrogen) atoms. The Hall–Kier alpha value is -2.15. The van der Waals surface area contributed by atoms with E-state index in [1.807, 2.05) is 18.2 Å². The highest BCUT2D eigenvalue weighted by Crippen LogP contribution is 2.29. The van der Waals surface area contributed by atoms with Crippen molar-refractivity contribution in [3.63, 3.8) is 0 Å². The van der Waals surface area contributed by atoms with Crippen LogP contribution in [0.3, 0.4) is 0 Å². The number of anilines is 1. The summed E-state index contributed by atoms with van der Waals surface area (Å²) in [5.41, 5.74) is 1.64. The van der Waals surface area contributed by atoms with Gasteiger partial charge in [-0.1, -0.05) is 13.8 Å². The zero-order chi connectivity index (χ0) is 16.4. The highest BCUT2D eigenvalue weighted by molar-refractivity contribution is 7.18. The van der Waals surface area contributed by atoms with Crippen LogP contribution in [0.15, 0.2) is 18.2 Å². The van der Waals surface area contributed by atoms with E-state index in [1.54, 1.807) is 11.3 Å². The van der Waals surface area contributed by atoms with Crippen molar-refractivity contribution in [1.82, 2.24) is 15.6 Å². The Morgan fingerprint density at radius 3 is 3.00 bits per heavy atom. The Labute approximate surface area is 138 Å². The number of hydrogen-bond donors (Lipinski definition) is 3. The standard InChI is InChI=1S/C16H20N4O2S/c1-9(2)15-19-11-6-5-10(8-13(11)23-15)18-16(22)20-12-4-3-7-17-14(12)21/h5-6,8-9,12H,3-4,7H2,1-2H3,(H,17,21)(H2,18,20,22)/t12-/m1/s1. The third kappa shape index (κ3) is 3.61. The first-order chi connectivity index (χ1) is 11.0. The van der Waals surface area contributed by atoms with Crippen LogP contribution in [-0.2, 0) is 4.79 Å². The molecule has 7 heteroatoms. The van der Waals surface area contributed by atoms with Gasteiger partial charge in [-0.05, 0) is 31.0 Å². The molecule has 1 aromatic carbocycles. The lowest BCUT2D eigenvalue weighted by atomic mass is 10.1. The van der Waals surface area contributed by atoms with Crippen molar-refractivity contribution in [2.75, 3.05) is 11.9 Å². The van der Waals surface area contributed by atoms with Gasteiger partial charge in [0.15, 0.2) is 0 Å². The Kier molecular flexibility index (Phi) is 4.47. The zero-order valence-corrected chi connectivity index (χ0v) is 14.0. The van der Waals surface area contributed by atoms with Crippen molar-refractivity contribution >= 4 is 39.2 Å². The Balaban J connectivity index is 1.68. The molecule has 0 unspecified atom stereocenters. The highest BCUT2D eigenvalue weighted by Gasteiger charge is 2.23. The number of hydrogen-bond acceptors (Lipinski definition) is 4. The number of rotatable bonds is 3. The van der Waals surface area contributed by atoms with Crippen LogP contribution in [-0.4, -0.2) is 29.5 Å². The van der Waals surface area contributed by atoms with Crippen LogP contribution in [0.2, 0.25) is 0 Å². The van der Waals surface area contributed by atoms with Crippen molar-refractivity contribution in [3.05, 3.63) is 23.2 Å². The Bertz CT molecular complexity index is 741. The zero-order valence-electron chi connectivity index (χ0n) is 13.2. The molecule has 3 N–H and O–H groups in total. The monoisotopic (exact) mass is 332 g/mol. The second-order valence-corrected chi connectivity index (χ2v) is 7.04. The van der Waals surface area contributed by atoms with Gasteiger partial charge in [-0.3, -0.25) is 4.79 Å². The normalized spacial score (nSPS) is 18.0. The predicted octanol–water partition coefficient (Wildman–Crippen LogP) is 2.82. The average Bonchev–Trinajstić information content (AvgIpc) is 2.93. The molecule has 6 nitrogen and oxygen atoms in total. The van der Waals surface area contributed by atoms with E-state index < -0.39 is 6.04 Å². The van der Waals surface area contributed by atoms with Crippen molar-refractivity contribution in [3.8, 4) is 0 Å². The maximum Gasteiger partial charge on any atom is 0.319 e. The minimum Gasteiger partial charge on any atom is -0.354 e. The molecule has 1 fully saturated rings. The molecule has 0 radical (unpaired) electrons. The van der Waals surface area contributed by atoms with Gasteiger partial charge in [0.05, 0.1) is 15.2 Å². The Morgan fingerprint density at radius 2 is 2.26 bits per heavy atom. The quantitative estimate of drug-likeness (QED) is 0.808. The van der Waals surface area contributed by atoms with E-state index in [9.17, 15) is 9.59 Å². The lowest BCUT2D eigenvalue weighted by molar-refractivity contribution is -0.124. The summed E-state index contributed by atoms with van der Waals surface area (Å²) in [6.07, 6.45) is 1.55. The lowest BCUT2D eigenvalue weighted by Gasteiger charge is -2.22. The fraction of sp³-hybridized carbons (Fsp3) is 0.438. The van der Waals surface area contributed by atoms with E-state index in [0.29, 0.717) is 24.6 Å². The maximum absolute atomic E-state index is 12.1. The first-order valence-electron chi connectivity index (χ1n) is 7.78. The summed E-state index contributed by atoms with van der Waals surface area (Å²) in [6.45, 7) is 4.90.